The summed E-state index contributed by atoms with van der Waals surface area (Å²) in [5, 5.41) is 1.09. The smallest absolute Gasteiger partial charge is 0.309 e. The molecule has 156 valence electrons. The molecule has 4 rings (SSSR count). The van der Waals surface area contributed by atoms with Crippen molar-refractivity contribution in [3.63, 3.8) is 0 Å². The van der Waals surface area contributed by atoms with Crippen molar-refractivity contribution in [2.24, 2.45) is 5.92 Å². The second-order valence-corrected chi connectivity index (χ2v) is 8.66. The van der Waals surface area contributed by atoms with Gasteiger partial charge in [-0.2, -0.15) is 0 Å². The molecule has 1 fully saturated rings. The monoisotopic (exact) mass is 427 g/mol. The molecule has 1 aliphatic rings. The van der Waals surface area contributed by atoms with Crippen molar-refractivity contribution in [1.82, 2.24) is 9.97 Å². The summed E-state index contributed by atoms with van der Waals surface area (Å²) in [7, 11) is 0. The molecule has 8 heteroatoms. The van der Waals surface area contributed by atoms with E-state index in [-0.39, 0.29) is 24.3 Å². The Labute approximate surface area is 177 Å². The average Bonchev–Trinajstić information content (AvgIpc) is 3.06. The van der Waals surface area contributed by atoms with Crippen LogP contribution in [0, 0.1) is 25.6 Å². The zero-order chi connectivity index (χ0) is 21.3. The van der Waals surface area contributed by atoms with Crippen molar-refractivity contribution in [1.29, 1.82) is 0 Å². The lowest BCUT2D eigenvalue weighted by atomic mass is 9.96. The number of aromatic nitrogens is 2. The van der Waals surface area contributed by atoms with Gasteiger partial charge in [0.05, 0.1) is 11.3 Å². The Kier molecular flexibility index (Phi) is 5.76. The third-order valence-electron chi connectivity index (χ3n) is 5.58. The van der Waals surface area contributed by atoms with Gasteiger partial charge in [-0.1, -0.05) is 0 Å². The molecular weight excluding hydrogens is 405 g/mol. The number of Topliss-reactive ketones (excluding diaryl/α,β-unsaturated/α-hetero) is 1. The number of carbonyl (C=O) groups is 2. The van der Waals surface area contributed by atoms with Gasteiger partial charge in [0.1, 0.15) is 22.8 Å². The van der Waals surface area contributed by atoms with Gasteiger partial charge in [-0.15, -0.1) is 11.3 Å². The van der Waals surface area contributed by atoms with Crippen LogP contribution in [-0.4, -0.2) is 41.4 Å². The first-order valence-corrected chi connectivity index (χ1v) is 10.7. The molecule has 0 saturated carbocycles. The molecule has 0 unspecified atom stereocenters. The lowest BCUT2D eigenvalue weighted by Crippen LogP contribution is -2.37. The Hall–Kier alpha value is -2.87. The average molecular weight is 428 g/mol. The molecule has 30 heavy (non-hydrogen) atoms. The van der Waals surface area contributed by atoms with E-state index >= 15 is 0 Å². The van der Waals surface area contributed by atoms with Crippen molar-refractivity contribution in [2.45, 2.75) is 26.7 Å². The highest BCUT2D eigenvalue weighted by Gasteiger charge is 2.28. The predicted molar refractivity (Wildman–Crippen MR) is 114 cm³/mol. The zero-order valence-electron chi connectivity index (χ0n) is 16.9. The normalized spacial score (nSPS) is 14.8. The van der Waals surface area contributed by atoms with Gasteiger partial charge in [0.15, 0.2) is 12.4 Å². The number of benzene rings is 1. The molecule has 2 aromatic heterocycles. The fraction of sp³-hybridized carbons (Fsp3) is 0.364. The molecule has 1 aliphatic heterocycles. The highest BCUT2D eigenvalue weighted by atomic mass is 32.1. The van der Waals surface area contributed by atoms with Crippen molar-refractivity contribution >= 4 is 39.1 Å². The van der Waals surface area contributed by atoms with Gasteiger partial charge in [-0.3, -0.25) is 9.59 Å². The Bertz CT molecular complexity index is 1090. The number of halogens is 1. The number of hydrogen-bond acceptors (Lipinski definition) is 7. The molecule has 0 radical (unpaired) electrons. The summed E-state index contributed by atoms with van der Waals surface area (Å²) in [6, 6.07) is 5.21. The number of thiophene rings is 1. The number of anilines is 1. The molecule has 6 nitrogen and oxygen atoms in total. The molecule has 0 bridgehead atoms. The summed E-state index contributed by atoms with van der Waals surface area (Å²) in [6.07, 6.45) is 2.86. The van der Waals surface area contributed by atoms with Crippen LogP contribution in [0.4, 0.5) is 10.2 Å². The van der Waals surface area contributed by atoms with E-state index in [1.54, 1.807) is 17.7 Å². The number of esters is 1. The summed E-state index contributed by atoms with van der Waals surface area (Å²) in [5.74, 6) is -0.442. The van der Waals surface area contributed by atoms with Crippen molar-refractivity contribution in [2.75, 3.05) is 24.6 Å². The van der Waals surface area contributed by atoms with E-state index in [1.807, 2.05) is 0 Å². The maximum Gasteiger partial charge on any atom is 0.309 e. The van der Waals surface area contributed by atoms with E-state index in [2.05, 4.69) is 28.7 Å². The Balaban J connectivity index is 1.35. The van der Waals surface area contributed by atoms with E-state index in [0.29, 0.717) is 31.5 Å². The molecule has 0 aliphatic carbocycles. The number of rotatable bonds is 5. The molecular formula is C22H22FN3O3S. The summed E-state index contributed by atoms with van der Waals surface area (Å²) >= 11 is 1.67. The van der Waals surface area contributed by atoms with E-state index < -0.39 is 5.82 Å². The minimum atomic E-state index is -0.413. The number of carbonyl (C=O) groups excluding carboxylic acids is 2. The minimum Gasteiger partial charge on any atom is -0.457 e. The topological polar surface area (TPSA) is 72.4 Å². The summed E-state index contributed by atoms with van der Waals surface area (Å²) < 4.78 is 18.2. The summed E-state index contributed by atoms with van der Waals surface area (Å²) in [6.45, 7) is 5.22. The van der Waals surface area contributed by atoms with Gasteiger partial charge < -0.3 is 9.64 Å². The van der Waals surface area contributed by atoms with Crippen LogP contribution < -0.4 is 4.90 Å². The van der Waals surface area contributed by atoms with Crippen molar-refractivity contribution < 1.29 is 18.7 Å². The maximum atomic E-state index is 13.0. The van der Waals surface area contributed by atoms with E-state index in [1.165, 1.54) is 34.7 Å². The van der Waals surface area contributed by atoms with Crippen LogP contribution in [0.2, 0.25) is 0 Å². The van der Waals surface area contributed by atoms with Crippen LogP contribution in [0.5, 0.6) is 0 Å². The number of nitrogens with zero attached hydrogens (tertiary/aromatic N) is 3. The number of aryl methyl sites for hydroxylation is 2. The van der Waals surface area contributed by atoms with Crippen LogP contribution in [-0.2, 0) is 9.53 Å². The standard InChI is InChI=1S/C22H22FN3O3S/c1-13-14(2)30-21-19(13)20(24-12-25-21)26-9-7-16(8-10-26)22(28)29-11-18(27)15-3-5-17(23)6-4-15/h3-6,12,16H,7-11H2,1-2H3. The number of piperidine rings is 1. The largest absolute Gasteiger partial charge is 0.457 e. The highest BCUT2D eigenvalue weighted by molar-refractivity contribution is 7.18. The second kappa shape index (κ2) is 8.47. The van der Waals surface area contributed by atoms with E-state index in [0.717, 1.165) is 16.0 Å². The van der Waals surface area contributed by atoms with Crippen LogP contribution in [0.3, 0.4) is 0 Å². The third-order valence-corrected chi connectivity index (χ3v) is 6.70. The molecule has 0 amide bonds. The van der Waals surface area contributed by atoms with Crippen LogP contribution in [0.15, 0.2) is 30.6 Å². The van der Waals surface area contributed by atoms with Crippen molar-refractivity contribution in [3.05, 3.63) is 52.4 Å². The second-order valence-electron chi connectivity index (χ2n) is 7.46. The molecule has 1 saturated heterocycles. The van der Waals surface area contributed by atoms with Gasteiger partial charge >= 0.3 is 5.97 Å². The number of ketones is 1. The first-order valence-electron chi connectivity index (χ1n) is 9.85. The fourth-order valence-electron chi connectivity index (χ4n) is 3.70. The Morgan fingerprint density at radius 3 is 2.57 bits per heavy atom. The van der Waals surface area contributed by atoms with Gasteiger partial charge in [0.2, 0.25) is 0 Å². The quantitative estimate of drug-likeness (QED) is 0.451. The van der Waals surface area contributed by atoms with Gasteiger partial charge in [-0.05, 0) is 56.5 Å². The third kappa shape index (κ3) is 4.05. The molecule has 0 spiro atoms. The molecule has 0 atom stereocenters. The zero-order valence-corrected chi connectivity index (χ0v) is 17.7. The minimum absolute atomic E-state index is 0.245. The lowest BCUT2D eigenvalue weighted by Gasteiger charge is -2.32. The molecule has 1 aromatic carbocycles. The van der Waals surface area contributed by atoms with Crippen LogP contribution >= 0.6 is 11.3 Å². The number of hydrogen-bond donors (Lipinski definition) is 0. The molecule has 0 N–H and O–H groups in total. The maximum absolute atomic E-state index is 13.0. The van der Waals surface area contributed by atoms with Gasteiger partial charge in [0, 0.05) is 23.5 Å². The lowest BCUT2D eigenvalue weighted by molar-refractivity contribution is -0.148. The molecule has 3 aromatic rings. The number of ether oxygens (including phenoxy) is 1. The highest BCUT2D eigenvalue weighted by Crippen LogP contribution is 2.35. The van der Waals surface area contributed by atoms with Gasteiger partial charge in [-0.25, -0.2) is 14.4 Å². The Morgan fingerprint density at radius 2 is 1.87 bits per heavy atom. The summed E-state index contributed by atoms with van der Waals surface area (Å²) in [4.78, 5) is 37.8. The SMILES string of the molecule is Cc1sc2ncnc(N3CCC(C(=O)OCC(=O)c4ccc(F)cc4)CC3)c2c1C. The van der Waals surface area contributed by atoms with Crippen molar-refractivity contribution in [3.8, 4) is 0 Å². The number of fused-ring (bicyclic) bond motifs is 1. The Morgan fingerprint density at radius 1 is 1.17 bits per heavy atom. The van der Waals surface area contributed by atoms with E-state index in [4.69, 9.17) is 4.74 Å². The van der Waals surface area contributed by atoms with E-state index in [9.17, 15) is 14.0 Å². The van der Waals surface area contributed by atoms with Crippen LogP contribution in [0.1, 0.15) is 33.6 Å². The predicted octanol–water partition coefficient (Wildman–Crippen LogP) is 4.09. The fourth-order valence-corrected chi connectivity index (χ4v) is 4.70. The molecule has 3 heterocycles. The summed E-state index contributed by atoms with van der Waals surface area (Å²) in [5.41, 5.74) is 1.53. The van der Waals surface area contributed by atoms with Gasteiger partial charge in [0.25, 0.3) is 0 Å². The first-order chi connectivity index (χ1) is 14.4. The first kappa shape index (κ1) is 20.4. The van der Waals surface area contributed by atoms with Crippen LogP contribution in [0.25, 0.3) is 10.2 Å².